The summed E-state index contributed by atoms with van der Waals surface area (Å²) in [7, 11) is 1.68. The zero-order chi connectivity index (χ0) is 16.6. The van der Waals surface area contributed by atoms with Gasteiger partial charge in [0.2, 0.25) is 5.91 Å². The molecule has 0 saturated carbocycles. The minimum Gasteiger partial charge on any atom is -0.366 e. The first-order chi connectivity index (χ1) is 11.0. The number of carbonyl (C=O) groups excluding carboxylic acids is 2. The van der Waals surface area contributed by atoms with Crippen molar-refractivity contribution in [2.75, 3.05) is 11.9 Å². The van der Waals surface area contributed by atoms with Crippen LogP contribution in [0.4, 0.5) is 5.69 Å². The van der Waals surface area contributed by atoms with Crippen molar-refractivity contribution in [1.29, 1.82) is 0 Å². The largest absolute Gasteiger partial charge is 0.366 e. The minimum atomic E-state index is -0.974. The van der Waals surface area contributed by atoms with Crippen LogP contribution in [0.1, 0.15) is 21.5 Å². The van der Waals surface area contributed by atoms with Crippen LogP contribution < -0.4 is 16.4 Å². The number of carbonyl (C=O) groups is 2. The van der Waals surface area contributed by atoms with Gasteiger partial charge in [-0.25, -0.2) is 0 Å². The maximum atomic E-state index is 12.3. The molecular weight excluding hydrogens is 292 g/mol. The molecule has 2 amide bonds. The smallest absolute Gasteiger partial charge is 0.266 e. The standard InChI is InChI=1S/C17H16N4O2/c1-21-13-5-3-2-4-12(13)14(20-15(18)17(21)23)10-6-8-11(9-7-10)16(19)22/h2-9,15H,18H2,1H3,(H2,19,22). The predicted octanol–water partition coefficient (Wildman–Crippen LogP) is 0.884. The predicted molar refractivity (Wildman–Crippen MR) is 88.4 cm³/mol. The van der Waals surface area contributed by atoms with Crippen molar-refractivity contribution >= 4 is 23.2 Å². The number of likely N-dealkylation sites (N-methyl/N-ethyl adjacent to an activating group) is 1. The van der Waals surface area contributed by atoms with Gasteiger partial charge in [0.1, 0.15) is 0 Å². The van der Waals surface area contributed by atoms with E-state index < -0.39 is 12.1 Å². The summed E-state index contributed by atoms with van der Waals surface area (Å²) in [6.45, 7) is 0. The van der Waals surface area contributed by atoms with E-state index >= 15 is 0 Å². The highest BCUT2D eigenvalue weighted by atomic mass is 16.2. The summed E-state index contributed by atoms with van der Waals surface area (Å²) < 4.78 is 0. The molecule has 0 radical (unpaired) electrons. The molecule has 1 heterocycles. The van der Waals surface area contributed by atoms with Gasteiger partial charge >= 0.3 is 0 Å². The number of para-hydroxylation sites is 1. The molecule has 2 aromatic carbocycles. The Labute approximate surface area is 133 Å². The highest BCUT2D eigenvalue weighted by molar-refractivity contribution is 6.20. The second kappa shape index (κ2) is 5.66. The van der Waals surface area contributed by atoms with E-state index in [1.54, 1.807) is 31.3 Å². The minimum absolute atomic E-state index is 0.277. The van der Waals surface area contributed by atoms with Crippen molar-refractivity contribution in [2.24, 2.45) is 16.5 Å². The van der Waals surface area contributed by atoms with Crippen LogP contribution in [0.2, 0.25) is 0 Å². The van der Waals surface area contributed by atoms with Crippen molar-refractivity contribution < 1.29 is 9.59 Å². The Morgan fingerprint density at radius 1 is 1.13 bits per heavy atom. The summed E-state index contributed by atoms with van der Waals surface area (Å²) in [5.41, 5.74) is 14.5. The normalized spacial score (nSPS) is 17.3. The number of fused-ring (bicyclic) bond motifs is 1. The molecule has 1 atom stereocenters. The number of hydrogen-bond donors (Lipinski definition) is 2. The van der Waals surface area contributed by atoms with E-state index in [9.17, 15) is 9.59 Å². The van der Waals surface area contributed by atoms with Crippen LogP contribution in [0.15, 0.2) is 53.5 Å². The van der Waals surface area contributed by atoms with Gasteiger partial charge in [0.05, 0.1) is 11.4 Å². The number of anilines is 1. The fourth-order valence-electron chi connectivity index (χ4n) is 2.57. The number of hydrogen-bond acceptors (Lipinski definition) is 4. The molecule has 1 aliphatic rings. The van der Waals surface area contributed by atoms with E-state index in [0.29, 0.717) is 11.3 Å². The SMILES string of the molecule is CN1C(=O)C(N)N=C(c2ccc(C(N)=O)cc2)c2ccccc21. The number of benzodiazepines with no additional fused rings is 1. The van der Waals surface area contributed by atoms with Gasteiger partial charge < -0.3 is 16.4 Å². The first-order valence-electron chi connectivity index (χ1n) is 7.09. The van der Waals surface area contributed by atoms with E-state index in [-0.39, 0.29) is 5.91 Å². The molecule has 0 bridgehead atoms. The van der Waals surface area contributed by atoms with Crippen LogP contribution in [-0.4, -0.2) is 30.7 Å². The maximum absolute atomic E-state index is 12.3. The molecule has 0 aliphatic carbocycles. The molecule has 116 valence electrons. The molecule has 6 nitrogen and oxygen atoms in total. The van der Waals surface area contributed by atoms with Gasteiger partial charge in [-0.05, 0) is 18.2 Å². The molecule has 0 fully saturated rings. The van der Waals surface area contributed by atoms with Crippen molar-refractivity contribution in [3.63, 3.8) is 0 Å². The number of nitrogens with two attached hydrogens (primary N) is 2. The second-order valence-electron chi connectivity index (χ2n) is 5.28. The zero-order valence-electron chi connectivity index (χ0n) is 12.6. The molecule has 23 heavy (non-hydrogen) atoms. The Kier molecular flexibility index (Phi) is 3.67. The van der Waals surface area contributed by atoms with Crippen LogP contribution in [0.5, 0.6) is 0 Å². The van der Waals surface area contributed by atoms with Gasteiger partial charge in [-0.3, -0.25) is 14.6 Å². The van der Waals surface area contributed by atoms with E-state index in [0.717, 1.165) is 16.8 Å². The Balaban J connectivity index is 2.16. The van der Waals surface area contributed by atoms with Crippen molar-refractivity contribution in [3.05, 3.63) is 65.2 Å². The molecule has 2 aromatic rings. The number of aliphatic imine (C=N–C) groups is 1. The zero-order valence-corrected chi connectivity index (χ0v) is 12.6. The molecule has 1 unspecified atom stereocenters. The second-order valence-corrected chi connectivity index (χ2v) is 5.28. The summed E-state index contributed by atoms with van der Waals surface area (Å²) in [5, 5.41) is 0. The third-order valence-corrected chi connectivity index (χ3v) is 3.82. The third kappa shape index (κ3) is 2.60. The average molecular weight is 308 g/mol. The topological polar surface area (TPSA) is 102 Å². The van der Waals surface area contributed by atoms with E-state index in [2.05, 4.69) is 4.99 Å². The maximum Gasteiger partial charge on any atom is 0.266 e. The molecule has 0 spiro atoms. The molecule has 3 rings (SSSR count). The highest BCUT2D eigenvalue weighted by Gasteiger charge is 2.27. The van der Waals surface area contributed by atoms with E-state index in [4.69, 9.17) is 11.5 Å². The lowest BCUT2D eigenvalue weighted by molar-refractivity contribution is -0.119. The fourth-order valence-corrected chi connectivity index (χ4v) is 2.57. The Hall–Kier alpha value is -2.99. The lowest BCUT2D eigenvalue weighted by Crippen LogP contribution is -2.39. The van der Waals surface area contributed by atoms with Crippen molar-refractivity contribution in [1.82, 2.24) is 0 Å². The lowest BCUT2D eigenvalue weighted by Gasteiger charge is -2.18. The van der Waals surface area contributed by atoms with Gasteiger partial charge in [-0.15, -0.1) is 0 Å². The Morgan fingerprint density at radius 2 is 1.78 bits per heavy atom. The number of benzene rings is 2. The van der Waals surface area contributed by atoms with Gasteiger partial charge in [0.25, 0.3) is 5.91 Å². The molecular formula is C17H16N4O2. The lowest BCUT2D eigenvalue weighted by atomic mass is 9.99. The van der Waals surface area contributed by atoms with Crippen LogP contribution in [-0.2, 0) is 4.79 Å². The molecule has 0 saturated heterocycles. The van der Waals surface area contributed by atoms with Crippen LogP contribution in [0.3, 0.4) is 0 Å². The Bertz CT molecular complexity index is 812. The van der Waals surface area contributed by atoms with Crippen LogP contribution >= 0.6 is 0 Å². The van der Waals surface area contributed by atoms with Gasteiger partial charge in [-0.2, -0.15) is 0 Å². The molecule has 0 aromatic heterocycles. The molecule has 4 N–H and O–H groups in total. The monoisotopic (exact) mass is 308 g/mol. The van der Waals surface area contributed by atoms with Gasteiger partial charge in [-0.1, -0.05) is 30.3 Å². The highest BCUT2D eigenvalue weighted by Crippen LogP contribution is 2.26. The first-order valence-corrected chi connectivity index (χ1v) is 7.09. The molecule has 6 heteroatoms. The summed E-state index contributed by atoms with van der Waals surface area (Å²) >= 11 is 0. The quantitative estimate of drug-likeness (QED) is 0.861. The number of nitrogens with zero attached hydrogens (tertiary/aromatic N) is 2. The van der Waals surface area contributed by atoms with E-state index in [1.807, 2.05) is 24.3 Å². The summed E-state index contributed by atoms with van der Waals surface area (Å²) in [4.78, 5) is 29.4. The Morgan fingerprint density at radius 3 is 2.43 bits per heavy atom. The van der Waals surface area contributed by atoms with Crippen LogP contribution in [0, 0.1) is 0 Å². The van der Waals surface area contributed by atoms with Gasteiger partial charge in [0.15, 0.2) is 6.17 Å². The van der Waals surface area contributed by atoms with Crippen molar-refractivity contribution in [2.45, 2.75) is 6.17 Å². The van der Waals surface area contributed by atoms with Gasteiger partial charge in [0, 0.05) is 23.7 Å². The average Bonchev–Trinajstić information content (AvgIpc) is 2.66. The number of rotatable bonds is 2. The summed E-state index contributed by atoms with van der Waals surface area (Å²) in [6.07, 6.45) is -0.974. The number of primary amides is 1. The molecule has 1 aliphatic heterocycles. The van der Waals surface area contributed by atoms with Crippen LogP contribution in [0.25, 0.3) is 0 Å². The summed E-state index contributed by atoms with van der Waals surface area (Å²) in [6, 6.07) is 14.2. The fraction of sp³-hybridized carbons (Fsp3) is 0.118. The third-order valence-electron chi connectivity index (χ3n) is 3.82. The van der Waals surface area contributed by atoms with E-state index in [1.165, 1.54) is 4.90 Å². The summed E-state index contributed by atoms with van der Waals surface area (Å²) in [5.74, 6) is -0.771. The van der Waals surface area contributed by atoms with Crippen molar-refractivity contribution in [3.8, 4) is 0 Å². The number of amides is 2. The first kappa shape index (κ1) is 14.9.